The van der Waals surface area contributed by atoms with Gasteiger partial charge in [-0.05, 0) is 56.2 Å². The van der Waals surface area contributed by atoms with E-state index in [2.05, 4.69) is 44.6 Å². The lowest BCUT2D eigenvalue weighted by molar-refractivity contribution is 0.409. The van der Waals surface area contributed by atoms with Gasteiger partial charge in [-0.25, -0.2) is 0 Å². The maximum absolute atomic E-state index is 8.53. The number of nitrogens with zero attached hydrogens (tertiary/aromatic N) is 1. The van der Waals surface area contributed by atoms with E-state index in [4.69, 9.17) is 10.00 Å². The van der Waals surface area contributed by atoms with Crippen LogP contribution in [0, 0.1) is 14.9 Å². The van der Waals surface area contributed by atoms with Crippen LogP contribution < -0.4 is 4.74 Å². The number of methoxy groups -OCH3 is 1. The number of rotatable bonds is 2. The Balaban J connectivity index is 3.14. The smallest absolute Gasteiger partial charge is 0.146 e. The predicted molar refractivity (Wildman–Crippen MR) is 62.7 cm³/mol. The highest BCUT2D eigenvalue weighted by Gasteiger charge is 2.06. The summed E-state index contributed by atoms with van der Waals surface area (Å²) < 4.78 is 7.08. The number of halogens is 2. The Hall–Kier alpha value is -0.280. The highest BCUT2D eigenvalue weighted by molar-refractivity contribution is 14.1. The lowest BCUT2D eigenvalue weighted by Gasteiger charge is -2.07. The van der Waals surface area contributed by atoms with E-state index in [9.17, 15) is 0 Å². The molecule has 68 valence electrons. The Morgan fingerprint density at radius 1 is 1.62 bits per heavy atom. The third kappa shape index (κ3) is 2.58. The summed E-state index contributed by atoms with van der Waals surface area (Å²) >= 11 is 5.58. The minimum atomic E-state index is 0.429. The SMILES string of the molecule is COc1c(Br)cc(CC#N)cc1I. The molecular formula is C9H7BrINO. The van der Waals surface area contributed by atoms with Gasteiger partial charge < -0.3 is 4.74 Å². The van der Waals surface area contributed by atoms with Gasteiger partial charge in [0, 0.05) is 0 Å². The summed E-state index contributed by atoms with van der Waals surface area (Å²) in [4.78, 5) is 0. The van der Waals surface area contributed by atoms with Crippen molar-refractivity contribution in [3.8, 4) is 11.8 Å². The van der Waals surface area contributed by atoms with Crippen LogP contribution in [0.15, 0.2) is 16.6 Å². The van der Waals surface area contributed by atoms with Crippen LogP contribution in [0.5, 0.6) is 5.75 Å². The molecule has 0 amide bonds. The summed E-state index contributed by atoms with van der Waals surface area (Å²) in [5, 5.41) is 8.53. The molecule has 0 atom stereocenters. The van der Waals surface area contributed by atoms with Crippen molar-refractivity contribution < 1.29 is 4.74 Å². The number of hydrogen-bond donors (Lipinski definition) is 0. The fourth-order valence-electron chi connectivity index (χ4n) is 1.00. The number of benzene rings is 1. The van der Waals surface area contributed by atoms with Crippen LogP contribution in [0.4, 0.5) is 0 Å². The van der Waals surface area contributed by atoms with Crippen molar-refractivity contribution in [1.82, 2.24) is 0 Å². The Morgan fingerprint density at radius 3 is 2.77 bits per heavy atom. The number of ether oxygens (including phenoxy) is 1. The van der Waals surface area contributed by atoms with Gasteiger partial charge in [-0.3, -0.25) is 0 Å². The fraction of sp³-hybridized carbons (Fsp3) is 0.222. The summed E-state index contributed by atoms with van der Waals surface area (Å²) in [5.41, 5.74) is 1.000. The van der Waals surface area contributed by atoms with E-state index >= 15 is 0 Å². The molecule has 0 aliphatic rings. The van der Waals surface area contributed by atoms with E-state index in [0.29, 0.717) is 6.42 Å². The second-order valence-electron chi connectivity index (χ2n) is 2.43. The van der Waals surface area contributed by atoms with Gasteiger partial charge in [0.1, 0.15) is 5.75 Å². The molecule has 0 unspecified atom stereocenters. The van der Waals surface area contributed by atoms with Crippen molar-refractivity contribution in [3.63, 3.8) is 0 Å². The Kier molecular flexibility index (Phi) is 4.00. The molecule has 13 heavy (non-hydrogen) atoms. The Bertz CT molecular complexity index is 336. The second-order valence-corrected chi connectivity index (χ2v) is 4.44. The molecule has 0 spiro atoms. The summed E-state index contributed by atoms with van der Waals surface area (Å²) in [6.07, 6.45) is 0.429. The van der Waals surface area contributed by atoms with Gasteiger partial charge >= 0.3 is 0 Å². The van der Waals surface area contributed by atoms with Crippen molar-refractivity contribution in [2.24, 2.45) is 0 Å². The highest BCUT2D eigenvalue weighted by atomic mass is 127. The lowest BCUT2D eigenvalue weighted by atomic mass is 10.2. The average Bonchev–Trinajstić information content (AvgIpc) is 2.04. The standard InChI is InChI=1S/C9H7BrINO/c1-13-9-7(10)4-6(2-3-12)5-8(9)11/h4-5H,2H2,1H3. The zero-order valence-electron chi connectivity index (χ0n) is 6.97. The van der Waals surface area contributed by atoms with E-state index in [1.807, 2.05) is 12.1 Å². The van der Waals surface area contributed by atoms with Crippen LogP contribution in [0.3, 0.4) is 0 Å². The molecule has 0 radical (unpaired) electrons. The minimum absolute atomic E-state index is 0.429. The van der Waals surface area contributed by atoms with Gasteiger partial charge in [0.2, 0.25) is 0 Å². The third-order valence-electron chi connectivity index (χ3n) is 1.55. The van der Waals surface area contributed by atoms with Gasteiger partial charge in [0.25, 0.3) is 0 Å². The van der Waals surface area contributed by atoms with E-state index in [1.54, 1.807) is 7.11 Å². The van der Waals surface area contributed by atoms with Crippen molar-refractivity contribution in [2.45, 2.75) is 6.42 Å². The molecule has 1 aromatic rings. The molecule has 0 saturated heterocycles. The fourth-order valence-corrected chi connectivity index (χ4v) is 2.95. The first kappa shape index (κ1) is 10.8. The Morgan fingerprint density at radius 2 is 2.31 bits per heavy atom. The molecule has 0 heterocycles. The van der Waals surface area contributed by atoms with E-state index in [-0.39, 0.29) is 0 Å². The van der Waals surface area contributed by atoms with Gasteiger partial charge in [-0.2, -0.15) is 5.26 Å². The average molecular weight is 352 g/mol. The predicted octanol–water partition coefficient (Wildman–Crippen LogP) is 3.13. The van der Waals surface area contributed by atoms with Gasteiger partial charge in [-0.15, -0.1) is 0 Å². The van der Waals surface area contributed by atoms with Crippen LogP contribution in [0.1, 0.15) is 5.56 Å². The maximum atomic E-state index is 8.53. The van der Waals surface area contributed by atoms with Crippen LogP contribution in [-0.2, 0) is 6.42 Å². The summed E-state index contributed by atoms with van der Waals surface area (Å²) in [5.74, 6) is 0.822. The largest absolute Gasteiger partial charge is 0.494 e. The first-order chi connectivity index (χ1) is 6.19. The monoisotopic (exact) mass is 351 g/mol. The van der Waals surface area contributed by atoms with Crippen LogP contribution >= 0.6 is 38.5 Å². The second kappa shape index (κ2) is 4.82. The summed E-state index contributed by atoms with van der Waals surface area (Å²) in [6.45, 7) is 0. The third-order valence-corrected chi connectivity index (χ3v) is 2.94. The molecule has 0 saturated carbocycles. The number of hydrogen-bond acceptors (Lipinski definition) is 2. The first-order valence-electron chi connectivity index (χ1n) is 3.58. The van der Waals surface area contributed by atoms with E-state index in [0.717, 1.165) is 19.4 Å². The molecule has 0 aliphatic heterocycles. The highest BCUT2D eigenvalue weighted by Crippen LogP contribution is 2.31. The van der Waals surface area contributed by atoms with E-state index in [1.165, 1.54) is 0 Å². The minimum Gasteiger partial charge on any atom is -0.494 e. The molecule has 4 heteroatoms. The summed E-state index contributed by atoms with van der Waals surface area (Å²) in [6, 6.07) is 5.97. The Labute approximate surface area is 99.2 Å². The quantitative estimate of drug-likeness (QED) is 0.767. The zero-order valence-corrected chi connectivity index (χ0v) is 10.7. The van der Waals surface area contributed by atoms with Crippen molar-refractivity contribution in [3.05, 3.63) is 25.7 Å². The van der Waals surface area contributed by atoms with Crippen molar-refractivity contribution in [2.75, 3.05) is 7.11 Å². The number of nitriles is 1. The van der Waals surface area contributed by atoms with Crippen LogP contribution in [0.25, 0.3) is 0 Å². The first-order valence-corrected chi connectivity index (χ1v) is 5.45. The van der Waals surface area contributed by atoms with Crippen LogP contribution in [0.2, 0.25) is 0 Å². The molecule has 0 bridgehead atoms. The van der Waals surface area contributed by atoms with Gasteiger partial charge in [-0.1, -0.05) is 0 Å². The van der Waals surface area contributed by atoms with Gasteiger partial charge in [0.05, 0.1) is 27.6 Å². The molecular weight excluding hydrogens is 345 g/mol. The molecule has 2 nitrogen and oxygen atoms in total. The molecule has 1 aromatic carbocycles. The molecule has 1 rings (SSSR count). The zero-order chi connectivity index (χ0) is 9.84. The molecule has 0 N–H and O–H groups in total. The van der Waals surface area contributed by atoms with Crippen molar-refractivity contribution >= 4 is 38.5 Å². The normalized spacial score (nSPS) is 9.38. The van der Waals surface area contributed by atoms with Crippen molar-refractivity contribution in [1.29, 1.82) is 5.26 Å². The lowest BCUT2D eigenvalue weighted by Crippen LogP contribution is -1.91. The summed E-state index contributed by atoms with van der Waals surface area (Å²) in [7, 11) is 1.63. The van der Waals surface area contributed by atoms with E-state index < -0.39 is 0 Å². The molecule has 0 aromatic heterocycles. The molecule has 0 fully saturated rings. The maximum Gasteiger partial charge on any atom is 0.146 e. The van der Waals surface area contributed by atoms with Crippen LogP contribution in [-0.4, -0.2) is 7.11 Å². The topological polar surface area (TPSA) is 33.0 Å². The molecule has 0 aliphatic carbocycles. The van der Waals surface area contributed by atoms with Gasteiger partial charge in [0.15, 0.2) is 0 Å².